The fraction of sp³-hybridized carbons (Fsp3) is 1.00. The van der Waals surface area contributed by atoms with Gasteiger partial charge in [-0.05, 0) is 129 Å². The van der Waals surface area contributed by atoms with E-state index in [2.05, 4.69) is 16.2 Å². The zero-order valence-corrected chi connectivity index (χ0v) is 16.1. The highest BCUT2D eigenvalue weighted by Crippen LogP contribution is 2.67. The minimum atomic E-state index is 0.561. The van der Waals surface area contributed by atoms with E-state index < -0.39 is 0 Å². The van der Waals surface area contributed by atoms with Crippen molar-refractivity contribution in [2.24, 2.45) is 59.2 Å². The van der Waals surface area contributed by atoms with Crippen molar-refractivity contribution in [3.8, 4) is 0 Å². The fourth-order valence-electron chi connectivity index (χ4n) is 10.1. The summed E-state index contributed by atoms with van der Waals surface area (Å²) in [6.07, 6.45) is 16.1. The SMILES string of the molecule is CC(P)(C1C2CC3CC(C2)CC1C3)C1C2CC3CC(C2)CC1C3. The number of hydrogen-bond donors (Lipinski definition) is 0. The summed E-state index contributed by atoms with van der Waals surface area (Å²) in [5.74, 6) is 11.1. The maximum Gasteiger partial charge on any atom is -0.0111 e. The van der Waals surface area contributed by atoms with Gasteiger partial charge in [-0.2, -0.15) is 0 Å². The quantitative estimate of drug-likeness (QED) is 0.564. The first-order valence-corrected chi connectivity index (χ1v) is 11.4. The molecule has 8 rings (SSSR count). The summed E-state index contributed by atoms with van der Waals surface area (Å²) in [5, 5.41) is 0.561. The molecule has 0 heterocycles. The van der Waals surface area contributed by atoms with Crippen LogP contribution in [0.2, 0.25) is 0 Å². The highest BCUT2D eigenvalue weighted by atomic mass is 31.0. The van der Waals surface area contributed by atoms with Crippen LogP contribution in [0, 0.1) is 59.2 Å². The van der Waals surface area contributed by atoms with Gasteiger partial charge in [0, 0.05) is 0 Å². The Labute approximate surface area is 145 Å². The van der Waals surface area contributed by atoms with Gasteiger partial charge in [0.15, 0.2) is 0 Å². The maximum atomic E-state index is 3.53. The van der Waals surface area contributed by atoms with Crippen LogP contribution in [0.5, 0.6) is 0 Å². The molecule has 0 aromatic heterocycles. The van der Waals surface area contributed by atoms with Crippen molar-refractivity contribution in [1.29, 1.82) is 0 Å². The van der Waals surface area contributed by atoms with Crippen LogP contribution in [0.1, 0.15) is 71.1 Å². The summed E-state index contributed by atoms with van der Waals surface area (Å²) < 4.78 is 0. The van der Waals surface area contributed by atoms with E-state index in [1.54, 1.807) is 64.2 Å². The lowest BCUT2D eigenvalue weighted by molar-refractivity contribution is -0.106. The van der Waals surface area contributed by atoms with Crippen LogP contribution in [0.3, 0.4) is 0 Å². The zero-order chi connectivity index (χ0) is 15.3. The molecule has 8 fully saturated rings. The molecule has 0 aromatic rings. The summed E-state index contributed by atoms with van der Waals surface area (Å²) in [6.45, 7) is 2.72. The summed E-state index contributed by atoms with van der Waals surface area (Å²) in [7, 11) is 3.53. The van der Waals surface area contributed by atoms with Crippen molar-refractivity contribution in [3.63, 3.8) is 0 Å². The lowest BCUT2D eigenvalue weighted by atomic mass is 9.43. The van der Waals surface area contributed by atoms with Crippen LogP contribution in [0.4, 0.5) is 0 Å². The molecule has 0 aliphatic heterocycles. The first-order chi connectivity index (χ1) is 11.1. The molecule has 0 aromatic carbocycles. The molecule has 0 saturated heterocycles. The van der Waals surface area contributed by atoms with Gasteiger partial charge in [0.1, 0.15) is 0 Å². The normalized spacial score (nSPS) is 61.8. The van der Waals surface area contributed by atoms with Gasteiger partial charge in [-0.15, -0.1) is 9.24 Å². The number of hydrogen-bond acceptors (Lipinski definition) is 0. The topological polar surface area (TPSA) is 0 Å². The van der Waals surface area contributed by atoms with Crippen molar-refractivity contribution in [1.82, 2.24) is 0 Å². The molecule has 0 spiro atoms. The lowest BCUT2D eigenvalue weighted by Crippen LogP contribution is -2.59. The molecule has 0 N–H and O–H groups in total. The molecule has 128 valence electrons. The molecule has 1 atom stereocenters. The minimum absolute atomic E-state index is 0.561. The van der Waals surface area contributed by atoms with E-state index in [9.17, 15) is 0 Å². The average molecular weight is 330 g/mol. The van der Waals surface area contributed by atoms with E-state index in [4.69, 9.17) is 0 Å². The third-order valence-electron chi connectivity index (χ3n) is 9.89. The molecule has 8 bridgehead atoms. The van der Waals surface area contributed by atoms with E-state index in [1.165, 1.54) is 0 Å². The van der Waals surface area contributed by atoms with Crippen LogP contribution in [0.25, 0.3) is 0 Å². The smallest absolute Gasteiger partial charge is 0.0111 e. The van der Waals surface area contributed by atoms with Gasteiger partial charge >= 0.3 is 0 Å². The molecule has 23 heavy (non-hydrogen) atoms. The third kappa shape index (κ3) is 2.00. The van der Waals surface area contributed by atoms with E-state index in [1.807, 2.05) is 0 Å². The second kappa shape index (κ2) is 4.78. The predicted octanol–water partition coefficient (Wildman–Crippen LogP) is 5.76. The van der Waals surface area contributed by atoms with E-state index in [0.717, 1.165) is 59.2 Å². The Morgan fingerprint density at radius 3 is 1.04 bits per heavy atom. The molecular formula is C22H35P. The van der Waals surface area contributed by atoms with Gasteiger partial charge < -0.3 is 0 Å². The lowest BCUT2D eigenvalue weighted by Gasteiger charge is -2.65. The Balaban J connectivity index is 1.33. The van der Waals surface area contributed by atoms with Crippen LogP contribution in [0.15, 0.2) is 0 Å². The summed E-state index contributed by atoms with van der Waals surface area (Å²) >= 11 is 0. The standard InChI is InChI=1S/C22H35P/c1-22(23,20-16-4-12-2-13(6-16)7-17(20)5-12)21-18-8-14-3-15(10-18)11-19(21)9-14/h12-21H,2-11,23H2,1H3. The molecule has 0 amide bonds. The molecule has 0 nitrogen and oxygen atoms in total. The molecule has 0 radical (unpaired) electrons. The molecule has 8 aliphatic rings. The van der Waals surface area contributed by atoms with E-state index in [0.29, 0.717) is 5.16 Å². The average Bonchev–Trinajstić information content (AvgIpc) is 2.43. The molecule has 1 unspecified atom stereocenters. The fourth-order valence-corrected chi connectivity index (χ4v) is 11.2. The second-order valence-electron chi connectivity index (χ2n) is 11.3. The maximum absolute atomic E-state index is 3.53. The van der Waals surface area contributed by atoms with Crippen molar-refractivity contribution in [2.45, 2.75) is 76.3 Å². The Bertz CT molecular complexity index is 406. The Kier molecular flexibility index (Phi) is 3.03. The molecule has 1 heteroatoms. The Morgan fingerprint density at radius 1 is 0.522 bits per heavy atom. The van der Waals surface area contributed by atoms with Crippen molar-refractivity contribution < 1.29 is 0 Å². The van der Waals surface area contributed by atoms with Gasteiger partial charge in [0.05, 0.1) is 0 Å². The van der Waals surface area contributed by atoms with E-state index in [-0.39, 0.29) is 0 Å². The van der Waals surface area contributed by atoms with Crippen molar-refractivity contribution in [3.05, 3.63) is 0 Å². The van der Waals surface area contributed by atoms with Gasteiger partial charge in [-0.3, -0.25) is 0 Å². The Morgan fingerprint density at radius 2 is 0.783 bits per heavy atom. The molecular weight excluding hydrogens is 295 g/mol. The first-order valence-electron chi connectivity index (χ1n) is 10.9. The minimum Gasteiger partial charge on any atom is -0.131 e. The summed E-state index contributed by atoms with van der Waals surface area (Å²) in [5.41, 5.74) is 0. The van der Waals surface area contributed by atoms with Gasteiger partial charge in [0.25, 0.3) is 0 Å². The Hall–Kier alpha value is 0.430. The van der Waals surface area contributed by atoms with Crippen LogP contribution < -0.4 is 0 Å². The van der Waals surface area contributed by atoms with Gasteiger partial charge in [-0.1, -0.05) is 6.92 Å². The summed E-state index contributed by atoms with van der Waals surface area (Å²) in [4.78, 5) is 0. The van der Waals surface area contributed by atoms with Crippen LogP contribution in [-0.2, 0) is 0 Å². The molecule has 8 aliphatic carbocycles. The monoisotopic (exact) mass is 330 g/mol. The third-order valence-corrected chi connectivity index (χ3v) is 10.7. The highest BCUT2D eigenvalue weighted by Gasteiger charge is 2.59. The zero-order valence-electron chi connectivity index (χ0n) is 14.9. The predicted molar refractivity (Wildman–Crippen MR) is 99.2 cm³/mol. The van der Waals surface area contributed by atoms with E-state index >= 15 is 0 Å². The van der Waals surface area contributed by atoms with Crippen LogP contribution >= 0.6 is 9.24 Å². The van der Waals surface area contributed by atoms with Crippen molar-refractivity contribution in [2.75, 3.05) is 0 Å². The first kappa shape index (κ1) is 14.6. The van der Waals surface area contributed by atoms with Gasteiger partial charge in [0.2, 0.25) is 0 Å². The van der Waals surface area contributed by atoms with Crippen LogP contribution in [-0.4, -0.2) is 5.16 Å². The molecule has 8 saturated carbocycles. The van der Waals surface area contributed by atoms with Gasteiger partial charge in [-0.25, -0.2) is 0 Å². The number of rotatable bonds is 2. The van der Waals surface area contributed by atoms with Crippen molar-refractivity contribution >= 4 is 9.24 Å². The highest BCUT2D eigenvalue weighted by molar-refractivity contribution is 7.19. The summed E-state index contributed by atoms with van der Waals surface area (Å²) in [6, 6.07) is 0. The second-order valence-corrected chi connectivity index (χ2v) is 12.5. The largest absolute Gasteiger partial charge is 0.131 e.